The third-order valence-electron chi connectivity index (χ3n) is 10.8. The molecule has 0 spiro atoms. The Balaban J connectivity index is 1.52. The highest BCUT2D eigenvalue weighted by Crippen LogP contribution is 2.40. The smallest absolute Gasteiger partial charge is 0.418 e. The summed E-state index contributed by atoms with van der Waals surface area (Å²) < 4.78 is 56.7. The van der Waals surface area contributed by atoms with Gasteiger partial charge in [0, 0.05) is 23.2 Å². The number of fused-ring (bicyclic) bond motifs is 3. The van der Waals surface area contributed by atoms with Crippen LogP contribution in [0.2, 0.25) is 0 Å². The van der Waals surface area contributed by atoms with E-state index < -0.39 is 87.9 Å². The maximum Gasteiger partial charge on any atom is 0.418 e. The summed E-state index contributed by atoms with van der Waals surface area (Å²) in [7, 11) is 0. The summed E-state index contributed by atoms with van der Waals surface area (Å²) in [5, 5.41) is 30.5. The quantitative estimate of drug-likeness (QED) is 0.0600. The highest BCUT2D eigenvalue weighted by atomic mass is 19.4. The van der Waals surface area contributed by atoms with E-state index in [1.54, 1.807) is 33.8 Å². The number of carboxylic acid groups (broad SMARTS) is 1. The summed E-state index contributed by atoms with van der Waals surface area (Å²) in [6, 6.07) is 10.3. The fraction of sp³-hybridized carbons (Fsp3) is 0.390. The molecule has 1 heterocycles. The van der Waals surface area contributed by atoms with E-state index in [0.717, 1.165) is 18.2 Å². The molecule has 57 heavy (non-hydrogen) atoms. The molecule has 4 amide bonds. The molecule has 0 saturated heterocycles. The van der Waals surface area contributed by atoms with Gasteiger partial charge in [0.25, 0.3) is 0 Å². The summed E-state index contributed by atoms with van der Waals surface area (Å²) in [5.41, 5.74) is -2.49. The number of phenols is 1. The number of aromatic carboxylic acids is 1. The second-order valence-electron chi connectivity index (χ2n) is 14.6. The third kappa shape index (κ3) is 9.21. The number of amides is 4. The number of hydrogen-bond donors (Lipinski definition) is 7. The average molecular weight is 796 g/mol. The molecule has 4 unspecified atom stereocenters. The van der Waals surface area contributed by atoms with Crippen LogP contribution in [0.1, 0.15) is 79.7 Å². The molecule has 1 aliphatic carbocycles. The van der Waals surface area contributed by atoms with Crippen molar-refractivity contribution in [1.82, 2.24) is 20.9 Å². The third-order valence-corrected chi connectivity index (χ3v) is 10.8. The van der Waals surface area contributed by atoms with Crippen LogP contribution in [0.25, 0.3) is 10.9 Å². The molecule has 16 heteroatoms. The Labute approximate surface area is 325 Å². The molecule has 0 fully saturated rings. The standard InChI is InChI=1S/C41H45F4N5O7/c1-5-21(3)33(36(53)46-24-14-15-31(51)26(19-24)38(55)56)49-39(57)40(17-16-30-27(20-40)25-11-9-12-28(35(25)47-30)41(43,44)45)50-37(54)34(22(4)6-2)48-32(52)18-23-10-7-8-13-29(23)42/h7-15,19,21-22,33-34,47,51H,5-6,16-18,20H2,1-4H3,(H,46,53)(H,48,52)(H,49,57)(H,50,54)(H,55,56)/t21?,22?,33?,34?,40-/m1/s1. The number of hydrogen-bond acceptors (Lipinski definition) is 6. The first kappa shape index (κ1) is 42.2. The molecular weight excluding hydrogens is 750 g/mol. The summed E-state index contributed by atoms with van der Waals surface area (Å²) in [6.45, 7) is 6.96. The Morgan fingerprint density at radius 1 is 0.895 bits per heavy atom. The van der Waals surface area contributed by atoms with Gasteiger partial charge < -0.3 is 36.5 Å². The highest BCUT2D eigenvalue weighted by Gasteiger charge is 2.47. The van der Waals surface area contributed by atoms with E-state index in [-0.39, 0.29) is 47.8 Å². The maximum atomic E-state index is 14.8. The fourth-order valence-corrected chi connectivity index (χ4v) is 7.11. The number of carbonyl (C=O) groups is 5. The summed E-state index contributed by atoms with van der Waals surface area (Å²) in [4.78, 5) is 70.6. The van der Waals surface area contributed by atoms with E-state index >= 15 is 0 Å². The highest BCUT2D eigenvalue weighted by molar-refractivity contribution is 6.02. The van der Waals surface area contributed by atoms with E-state index in [4.69, 9.17) is 0 Å². The van der Waals surface area contributed by atoms with E-state index in [0.29, 0.717) is 24.1 Å². The van der Waals surface area contributed by atoms with Crippen LogP contribution in [0, 0.1) is 17.7 Å². The molecule has 5 atom stereocenters. The zero-order chi connectivity index (χ0) is 41.8. The van der Waals surface area contributed by atoms with Crippen LogP contribution >= 0.6 is 0 Å². The number of aryl methyl sites for hydroxylation is 1. The lowest BCUT2D eigenvalue weighted by Gasteiger charge is -2.39. The maximum absolute atomic E-state index is 14.8. The fourth-order valence-electron chi connectivity index (χ4n) is 7.11. The van der Waals surface area contributed by atoms with Crippen molar-refractivity contribution in [2.24, 2.45) is 11.8 Å². The number of benzene rings is 3. The van der Waals surface area contributed by atoms with Crippen LogP contribution in [0.3, 0.4) is 0 Å². The van der Waals surface area contributed by atoms with Crippen molar-refractivity contribution in [1.29, 1.82) is 0 Å². The van der Waals surface area contributed by atoms with Crippen molar-refractivity contribution in [2.45, 2.75) is 90.0 Å². The lowest BCUT2D eigenvalue weighted by Crippen LogP contribution is -2.67. The lowest BCUT2D eigenvalue weighted by molar-refractivity contribution is -0.138. The number of nitrogens with one attached hydrogen (secondary N) is 5. The van der Waals surface area contributed by atoms with Crippen LogP contribution < -0.4 is 21.3 Å². The summed E-state index contributed by atoms with van der Waals surface area (Å²) in [5.74, 6) is -6.57. The van der Waals surface area contributed by atoms with Crippen LogP contribution in [0.5, 0.6) is 5.75 Å². The van der Waals surface area contributed by atoms with Crippen molar-refractivity contribution in [3.63, 3.8) is 0 Å². The number of carboxylic acids is 1. The van der Waals surface area contributed by atoms with Crippen LogP contribution in [-0.2, 0) is 44.6 Å². The van der Waals surface area contributed by atoms with Gasteiger partial charge in [-0.1, -0.05) is 70.9 Å². The minimum Gasteiger partial charge on any atom is -0.507 e. The average Bonchev–Trinajstić information content (AvgIpc) is 3.54. The minimum atomic E-state index is -4.69. The summed E-state index contributed by atoms with van der Waals surface area (Å²) in [6.07, 6.45) is -4.66. The molecule has 0 saturated carbocycles. The number of anilines is 1. The molecule has 5 rings (SSSR count). The SMILES string of the molecule is CCC(C)C(NC(=O)Cc1ccccc1F)C(=O)N[C@]1(C(=O)NC(C(=O)Nc2ccc(O)c(C(=O)O)c2)C(C)CC)CCc2[nH]c3c(C(F)(F)F)cccc3c2C1. The first-order valence-corrected chi connectivity index (χ1v) is 18.6. The molecule has 7 N–H and O–H groups in total. The number of rotatable bonds is 14. The number of aromatic nitrogens is 1. The second-order valence-corrected chi connectivity index (χ2v) is 14.6. The molecule has 1 aromatic heterocycles. The summed E-state index contributed by atoms with van der Waals surface area (Å²) >= 11 is 0. The van der Waals surface area contributed by atoms with Gasteiger partial charge in [0.05, 0.1) is 17.5 Å². The Hall–Kier alpha value is -5.93. The van der Waals surface area contributed by atoms with Crippen molar-refractivity contribution in [2.75, 3.05) is 5.32 Å². The first-order chi connectivity index (χ1) is 26.9. The lowest BCUT2D eigenvalue weighted by atomic mass is 9.78. The molecule has 1 aliphatic rings. The van der Waals surface area contributed by atoms with Crippen molar-refractivity contribution >= 4 is 46.2 Å². The molecular formula is C41H45F4N5O7. The topological polar surface area (TPSA) is 190 Å². The van der Waals surface area contributed by atoms with Crippen LogP contribution in [-0.4, -0.2) is 62.4 Å². The van der Waals surface area contributed by atoms with Gasteiger partial charge in [-0.3, -0.25) is 19.2 Å². The minimum absolute atomic E-state index is 0.0184. The van der Waals surface area contributed by atoms with Crippen molar-refractivity contribution in [3.05, 3.63) is 94.4 Å². The monoisotopic (exact) mass is 795 g/mol. The zero-order valence-corrected chi connectivity index (χ0v) is 31.8. The van der Waals surface area contributed by atoms with E-state index in [2.05, 4.69) is 26.3 Å². The van der Waals surface area contributed by atoms with E-state index in [1.807, 2.05) is 0 Å². The van der Waals surface area contributed by atoms with Crippen LogP contribution in [0.4, 0.5) is 23.2 Å². The Morgan fingerprint density at radius 3 is 2.19 bits per heavy atom. The zero-order valence-electron chi connectivity index (χ0n) is 31.8. The van der Waals surface area contributed by atoms with Gasteiger partial charge in [0.1, 0.15) is 34.8 Å². The number of aromatic hydroxyl groups is 1. The van der Waals surface area contributed by atoms with Gasteiger partial charge >= 0.3 is 12.1 Å². The number of para-hydroxylation sites is 1. The Bertz CT molecular complexity index is 2190. The number of H-pyrrole nitrogens is 1. The van der Waals surface area contributed by atoms with Gasteiger partial charge in [-0.15, -0.1) is 0 Å². The molecule has 0 bridgehead atoms. The number of halogens is 4. The first-order valence-electron chi connectivity index (χ1n) is 18.6. The predicted octanol–water partition coefficient (Wildman–Crippen LogP) is 6.02. The number of aromatic amines is 1. The number of carbonyl (C=O) groups excluding carboxylic acids is 4. The largest absolute Gasteiger partial charge is 0.507 e. The Morgan fingerprint density at radius 2 is 1.56 bits per heavy atom. The molecule has 0 radical (unpaired) electrons. The second kappa shape index (κ2) is 17.1. The molecule has 4 aromatic rings. The molecule has 3 aromatic carbocycles. The van der Waals surface area contributed by atoms with Gasteiger partial charge in [-0.25, -0.2) is 9.18 Å². The Kier molecular flexibility index (Phi) is 12.6. The van der Waals surface area contributed by atoms with E-state index in [9.17, 15) is 51.7 Å². The molecule has 12 nitrogen and oxygen atoms in total. The molecule has 0 aliphatic heterocycles. The van der Waals surface area contributed by atoms with Crippen LogP contribution in [0.15, 0.2) is 60.7 Å². The number of alkyl halides is 3. The predicted molar refractivity (Wildman–Crippen MR) is 203 cm³/mol. The van der Waals surface area contributed by atoms with Gasteiger partial charge in [-0.2, -0.15) is 13.2 Å². The van der Waals surface area contributed by atoms with Crippen molar-refractivity contribution < 1.29 is 51.7 Å². The van der Waals surface area contributed by atoms with Gasteiger partial charge in [0.15, 0.2) is 0 Å². The molecule has 304 valence electrons. The van der Waals surface area contributed by atoms with Gasteiger partial charge in [0.2, 0.25) is 23.6 Å². The van der Waals surface area contributed by atoms with Crippen molar-refractivity contribution in [3.8, 4) is 5.75 Å². The normalized spacial score (nSPS) is 17.4. The van der Waals surface area contributed by atoms with Gasteiger partial charge in [-0.05, 0) is 66.1 Å². The van der Waals surface area contributed by atoms with E-state index in [1.165, 1.54) is 36.4 Å².